The minimum Gasteiger partial charge on any atom is -0.497 e. The summed E-state index contributed by atoms with van der Waals surface area (Å²) < 4.78 is 13.1. The Morgan fingerprint density at radius 2 is 1.82 bits per heavy atom. The van der Waals surface area contributed by atoms with E-state index in [0.717, 1.165) is 62.0 Å². The molecule has 8 nitrogen and oxygen atoms in total. The molecule has 8 heteroatoms. The first-order valence-corrected chi connectivity index (χ1v) is 11.3. The standard InChI is InChI=1S/C25H32N6O2/c1-4-13-29-15-17-30(18-16-29)24(22-11-10-21(32-2)19-23(22)33-3)25-26-27-28-31(25)14-12-20-8-6-5-7-9-20/h4-11,19,24H,1,12-18H2,2-3H3/t24-/m1/s1. The summed E-state index contributed by atoms with van der Waals surface area (Å²) in [6.45, 7) is 9.22. The molecule has 0 N–H and O–H groups in total. The molecule has 2 heterocycles. The predicted octanol–water partition coefficient (Wildman–Crippen LogP) is 2.83. The fourth-order valence-electron chi connectivity index (χ4n) is 4.38. The zero-order valence-electron chi connectivity index (χ0n) is 19.4. The lowest BCUT2D eigenvalue weighted by atomic mass is 10.0. The Hall–Kier alpha value is -3.23. The van der Waals surface area contributed by atoms with Crippen molar-refractivity contribution in [2.24, 2.45) is 0 Å². The summed E-state index contributed by atoms with van der Waals surface area (Å²) in [6.07, 6.45) is 2.82. The molecule has 0 radical (unpaired) electrons. The summed E-state index contributed by atoms with van der Waals surface area (Å²) in [5, 5.41) is 12.9. The summed E-state index contributed by atoms with van der Waals surface area (Å²) in [5.74, 6) is 2.35. The van der Waals surface area contributed by atoms with E-state index in [0.29, 0.717) is 6.54 Å². The van der Waals surface area contributed by atoms with Gasteiger partial charge in [-0.05, 0) is 34.5 Å². The van der Waals surface area contributed by atoms with Crippen LogP contribution in [0.25, 0.3) is 0 Å². The van der Waals surface area contributed by atoms with Crippen molar-refractivity contribution in [1.82, 2.24) is 30.0 Å². The SMILES string of the molecule is C=CCN1CCN([C@H](c2ccc(OC)cc2OC)c2nnnn2CCc2ccccc2)CC1. The maximum atomic E-state index is 5.78. The first kappa shape index (κ1) is 22.9. The molecule has 1 atom stereocenters. The van der Waals surface area contributed by atoms with Crippen molar-refractivity contribution in [3.05, 3.63) is 78.1 Å². The van der Waals surface area contributed by atoms with Crippen molar-refractivity contribution in [2.75, 3.05) is 46.9 Å². The van der Waals surface area contributed by atoms with Gasteiger partial charge >= 0.3 is 0 Å². The van der Waals surface area contributed by atoms with Gasteiger partial charge in [0.15, 0.2) is 5.82 Å². The normalized spacial score (nSPS) is 15.8. The van der Waals surface area contributed by atoms with Crippen molar-refractivity contribution < 1.29 is 9.47 Å². The van der Waals surface area contributed by atoms with Gasteiger partial charge in [0.1, 0.15) is 17.5 Å². The zero-order valence-corrected chi connectivity index (χ0v) is 19.4. The van der Waals surface area contributed by atoms with Gasteiger partial charge in [0, 0.05) is 50.9 Å². The fourth-order valence-corrected chi connectivity index (χ4v) is 4.38. The molecule has 4 rings (SSSR count). The average Bonchev–Trinajstić information content (AvgIpc) is 3.33. The van der Waals surface area contributed by atoms with Crippen LogP contribution >= 0.6 is 0 Å². The summed E-state index contributed by atoms with van der Waals surface area (Å²) in [6, 6.07) is 16.2. The second-order valence-electron chi connectivity index (χ2n) is 8.13. The highest BCUT2D eigenvalue weighted by molar-refractivity contribution is 5.44. The van der Waals surface area contributed by atoms with Gasteiger partial charge in [-0.25, -0.2) is 4.68 Å². The Kier molecular flexibility index (Phi) is 7.70. The van der Waals surface area contributed by atoms with Crippen molar-refractivity contribution in [2.45, 2.75) is 19.0 Å². The molecule has 1 aliphatic heterocycles. The molecule has 3 aromatic rings. The fraction of sp³-hybridized carbons (Fsp3) is 0.400. The highest BCUT2D eigenvalue weighted by Gasteiger charge is 2.32. The van der Waals surface area contributed by atoms with Crippen molar-refractivity contribution in [1.29, 1.82) is 0 Å². The molecular formula is C25H32N6O2. The molecule has 0 spiro atoms. The third kappa shape index (κ3) is 5.40. The molecule has 0 amide bonds. The van der Waals surface area contributed by atoms with Gasteiger partial charge < -0.3 is 9.47 Å². The number of aryl methyl sites for hydroxylation is 2. The summed E-state index contributed by atoms with van der Waals surface area (Å²) in [4.78, 5) is 4.85. The molecule has 0 bridgehead atoms. The molecule has 33 heavy (non-hydrogen) atoms. The Morgan fingerprint density at radius 3 is 2.52 bits per heavy atom. The highest BCUT2D eigenvalue weighted by Crippen LogP contribution is 2.36. The van der Waals surface area contributed by atoms with Crippen LogP contribution in [0.4, 0.5) is 0 Å². The Labute approximate surface area is 195 Å². The van der Waals surface area contributed by atoms with E-state index in [9.17, 15) is 0 Å². The molecular weight excluding hydrogens is 416 g/mol. The third-order valence-electron chi connectivity index (χ3n) is 6.15. The van der Waals surface area contributed by atoms with Gasteiger partial charge in [-0.2, -0.15) is 0 Å². The summed E-state index contributed by atoms with van der Waals surface area (Å²) in [7, 11) is 3.35. The van der Waals surface area contributed by atoms with Crippen LogP contribution in [0.5, 0.6) is 11.5 Å². The van der Waals surface area contributed by atoms with Gasteiger partial charge in [-0.15, -0.1) is 11.7 Å². The number of nitrogens with zero attached hydrogens (tertiary/aromatic N) is 6. The van der Waals surface area contributed by atoms with Gasteiger partial charge in [0.05, 0.1) is 14.2 Å². The van der Waals surface area contributed by atoms with E-state index in [-0.39, 0.29) is 6.04 Å². The Balaban J connectivity index is 1.66. The van der Waals surface area contributed by atoms with Crippen LogP contribution in [0.3, 0.4) is 0 Å². The molecule has 174 valence electrons. The minimum atomic E-state index is -0.123. The van der Waals surface area contributed by atoms with Gasteiger partial charge in [-0.3, -0.25) is 9.80 Å². The molecule has 1 aliphatic rings. The maximum absolute atomic E-state index is 5.78. The van der Waals surface area contributed by atoms with Crippen molar-refractivity contribution in [3.8, 4) is 11.5 Å². The number of hydrogen-bond acceptors (Lipinski definition) is 7. The number of hydrogen-bond donors (Lipinski definition) is 0. The summed E-state index contributed by atoms with van der Waals surface area (Å²) in [5.41, 5.74) is 2.29. The Bertz CT molecular complexity index is 1030. The lowest BCUT2D eigenvalue weighted by Crippen LogP contribution is -2.48. The smallest absolute Gasteiger partial charge is 0.173 e. The zero-order chi connectivity index (χ0) is 23.0. The molecule has 0 unspecified atom stereocenters. The van der Waals surface area contributed by atoms with E-state index in [1.807, 2.05) is 29.0 Å². The van der Waals surface area contributed by atoms with Crippen LogP contribution in [0.1, 0.15) is 23.0 Å². The Morgan fingerprint density at radius 1 is 1.03 bits per heavy atom. The van der Waals surface area contributed by atoms with Crippen molar-refractivity contribution in [3.63, 3.8) is 0 Å². The predicted molar refractivity (Wildman–Crippen MR) is 128 cm³/mol. The first-order chi connectivity index (χ1) is 16.2. The first-order valence-electron chi connectivity index (χ1n) is 11.3. The topological polar surface area (TPSA) is 68.5 Å². The van der Waals surface area contributed by atoms with E-state index in [1.165, 1.54) is 5.56 Å². The average molecular weight is 449 g/mol. The second kappa shape index (κ2) is 11.1. The second-order valence-corrected chi connectivity index (χ2v) is 8.13. The van der Waals surface area contributed by atoms with Gasteiger partial charge in [0.25, 0.3) is 0 Å². The van der Waals surface area contributed by atoms with E-state index in [1.54, 1.807) is 14.2 Å². The maximum Gasteiger partial charge on any atom is 0.173 e. The number of tetrazole rings is 1. The number of aromatic nitrogens is 4. The number of rotatable bonds is 10. The van der Waals surface area contributed by atoms with Crippen LogP contribution in [-0.4, -0.2) is 77.0 Å². The van der Waals surface area contributed by atoms with Crippen LogP contribution < -0.4 is 9.47 Å². The third-order valence-corrected chi connectivity index (χ3v) is 6.15. The van der Waals surface area contributed by atoms with E-state index in [2.05, 4.69) is 62.2 Å². The summed E-state index contributed by atoms with van der Waals surface area (Å²) >= 11 is 0. The molecule has 0 aliphatic carbocycles. The lowest BCUT2D eigenvalue weighted by Gasteiger charge is -2.38. The van der Waals surface area contributed by atoms with Crippen LogP contribution in [0.15, 0.2) is 61.2 Å². The largest absolute Gasteiger partial charge is 0.497 e. The number of ether oxygens (including phenoxy) is 2. The quantitative estimate of drug-likeness (QED) is 0.442. The number of benzene rings is 2. The van der Waals surface area contributed by atoms with Crippen LogP contribution in [-0.2, 0) is 13.0 Å². The van der Waals surface area contributed by atoms with Crippen LogP contribution in [0, 0.1) is 0 Å². The molecule has 2 aromatic carbocycles. The number of piperazine rings is 1. The lowest BCUT2D eigenvalue weighted by molar-refractivity contribution is 0.111. The number of methoxy groups -OCH3 is 2. The van der Waals surface area contributed by atoms with Crippen LogP contribution in [0.2, 0.25) is 0 Å². The van der Waals surface area contributed by atoms with E-state index in [4.69, 9.17) is 9.47 Å². The van der Waals surface area contributed by atoms with Gasteiger partial charge in [0.2, 0.25) is 0 Å². The molecule has 1 aromatic heterocycles. The molecule has 0 saturated carbocycles. The monoisotopic (exact) mass is 448 g/mol. The highest BCUT2D eigenvalue weighted by atomic mass is 16.5. The molecule has 1 fully saturated rings. The minimum absolute atomic E-state index is 0.123. The van der Waals surface area contributed by atoms with E-state index >= 15 is 0 Å². The van der Waals surface area contributed by atoms with Gasteiger partial charge in [-0.1, -0.05) is 36.4 Å². The molecule has 1 saturated heterocycles. The van der Waals surface area contributed by atoms with Crippen molar-refractivity contribution >= 4 is 0 Å². The van der Waals surface area contributed by atoms with E-state index < -0.39 is 0 Å².